The van der Waals surface area contributed by atoms with Crippen LogP contribution in [0.3, 0.4) is 0 Å². The first-order valence-electron chi connectivity index (χ1n) is 3.58. The first-order chi connectivity index (χ1) is 4.18. The highest BCUT2D eigenvalue weighted by Crippen LogP contribution is 1.72. The molecule has 0 amide bonds. The van der Waals surface area contributed by atoms with Crippen molar-refractivity contribution in [3.05, 3.63) is 12.3 Å². The third-order valence-electron chi connectivity index (χ3n) is 0.479. The van der Waals surface area contributed by atoms with Gasteiger partial charge in [0.05, 0.1) is 0 Å². The van der Waals surface area contributed by atoms with E-state index in [1.807, 2.05) is 6.92 Å². The van der Waals surface area contributed by atoms with Gasteiger partial charge in [0.25, 0.3) is 0 Å². The molecule has 0 rings (SSSR count). The summed E-state index contributed by atoms with van der Waals surface area (Å²) in [6.45, 7) is 12.9. The highest BCUT2D eigenvalue weighted by Gasteiger charge is 1.70. The minimum Gasteiger partial charge on any atom is -0.389 e. The van der Waals surface area contributed by atoms with Crippen LogP contribution >= 0.6 is 0 Å². The third kappa shape index (κ3) is 35.9. The summed E-state index contributed by atoms with van der Waals surface area (Å²) < 4.78 is 0. The minimum atomic E-state index is 0.981. The molecule has 0 aromatic carbocycles. The molecule has 0 bridgehead atoms. The number of nitrogens with one attached hydrogen (secondary N) is 1. The van der Waals surface area contributed by atoms with Gasteiger partial charge in [-0.05, 0) is 13.8 Å². The third-order valence-corrected chi connectivity index (χ3v) is 0.479. The Morgan fingerprint density at radius 2 is 1.67 bits per heavy atom. The molecule has 0 spiro atoms. The summed E-state index contributed by atoms with van der Waals surface area (Å²) in [6, 6.07) is 0. The molecule has 0 saturated heterocycles. The van der Waals surface area contributed by atoms with E-state index in [9.17, 15) is 0 Å². The number of rotatable bonds is 2. The van der Waals surface area contributed by atoms with E-state index >= 15 is 0 Å². The van der Waals surface area contributed by atoms with Crippen molar-refractivity contribution in [3.63, 3.8) is 0 Å². The number of hydrogen-bond donors (Lipinski definition) is 1. The number of hydrogen-bond acceptors (Lipinski definition) is 1. The van der Waals surface area contributed by atoms with E-state index < -0.39 is 0 Å². The van der Waals surface area contributed by atoms with E-state index in [1.54, 1.807) is 0 Å². The average Bonchev–Trinajstić information content (AvgIpc) is 1.67. The molecule has 0 radical (unpaired) electrons. The van der Waals surface area contributed by atoms with Gasteiger partial charge in [-0.1, -0.05) is 26.8 Å². The van der Waals surface area contributed by atoms with Crippen molar-refractivity contribution in [1.82, 2.24) is 5.32 Å². The monoisotopic (exact) mass is 129 g/mol. The van der Waals surface area contributed by atoms with Crippen molar-refractivity contribution in [3.8, 4) is 0 Å². The molecule has 56 valence electrons. The van der Waals surface area contributed by atoms with Crippen LogP contribution in [0.1, 0.15) is 34.1 Å². The van der Waals surface area contributed by atoms with E-state index in [2.05, 4.69) is 32.7 Å². The van der Waals surface area contributed by atoms with E-state index in [1.165, 1.54) is 6.42 Å². The Labute approximate surface area is 59.2 Å². The Bertz CT molecular complexity index is 57.6. The Kier molecular flexibility index (Phi) is 13.3. The van der Waals surface area contributed by atoms with Gasteiger partial charge in [-0.3, -0.25) is 0 Å². The van der Waals surface area contributed by atoms with Crippen molar-refractivity contribution in [1.29, 1.82) is 0 Å². The van der Waals surface area contributed by atoms with E-state index in [0.29, 0.717) is 0 Å². The summed E-state index contributed by atoms with van der Waals surface area (Å²) in [5.41, 5.74) is 1.04. The quantitative estimate of drug-likeness (QED) is 0.604. The average molecular weight is 129 g/mol. The zero-order chi connectivity index (χ0) is 7.70. The fraction of sp³-hybridized carbons (Fsp3) is 0.750. The molecule has 1 nitrogen and oxygen atoms in total. The van der Waals surface area contributed by atoms with E-state index in [4.69, 9.17) is 0 Å². The summed E-state index contributed by atoms with van der Waals surface area (Å²) in [4.78, 5) is 0. The maximum atomic E-state index is 3.63. The Balaban J connectivity index is 0. The van der Waals surface area contributed by atoms with Crippen LogP contribution in [-0.4, -0.2) is 6.54 Å². The van der Waals surface area contributed by atoms with Crippen LogP contribution in [-0.2, 0) is 0 Å². The zero-order valence-electron chi connectivity index (χ0n) is 7.12. The second kappa shape index (κ2) is 10.5. The van der Waals surface area contributed by atoms with Crippen LogP contribution in [0, 0.1) is 0 Å². The largest absolute Gasteiger partial charge is 0.389 e. The lowest BCUT2D eigenvalue weighted by Crippen LogP contribution is -2.07. The summed E-state index contributed by atoms with van der Waals surface area (Å²) >= 11 is 0. The van der Waals surface area contributed by atoms with Crippen molar-refractivity contribution in [2.45, 2.75) is 34.1 Å². The fourth-order valence-electron chi connectivity index (χ4n) is 0.302. The predicted molar refractivity (Wildman–Crippen MR) is 44.5 cm³/mol. The molecule has 0 aliphatic heterocycles. The fourth-order valence-corrected chi connectivity index (χ4v) is 0.302. The molecule has 0 saturated carbocycles. The van der Waals surface area contributed by atoms with Crippen LogP contribution in [0.2, 0.25) is 0 Å². The van der Waals surface area contributed by atoms with Crippen molar-refractivity contribution in [2.75, 3.05) is 6.54 Å². The standard InChI is InChI=1S/C5H11N.C3H8/c1-4-6-5(2)3;1-3-2/h6H,2,4H2,1,3H3;3H2,1-2H3. The first kappa shape index (κ1) is 11.4. The maximum Gasteiger partial charge on any atom is 0.0115 e. The molecule has 9 heavy (non-hydrogen) atoms. The molecule has 0 atom stereocenters. The van der Waals surface area contributed by atoms with Crippen LogP contribution < -0.4 is 5.32 Å². The molecular weight excluding hydrogens is 110 g/mol. The Hall–Kier alpha value is -0.460. The summed E-state index contributed by atoms with van der Waals surface area (Å²) in [5.74, 6) is 0. The lowest BCUT2D eigenvalue weighted by molar-refractivity contribution is 0.859. The maximum absolute atomic E-state index is 3.63. The molecule has 0 heterocycles. The molecule has 0 aliphatic carbocycles. The molecule has 0 fully saturated rings. The van der Waals surface area contributed by atoms with Gasteiger partial charge >= 0.3 is 0 Å². The van der Waals surface area contributed by atoms with Gasteiger partial charge in [0.1, 0.15) is 0 Å². The second-order valence-corrected chi connectivity index (χ2v) is 2.02. The van der Waals surface area contributed by atoms with Crippen LogP contribution in [0.25, 0.3) is 0 Å². The normalized spacial score (nSPS) is 7.11. The Morgan fingerprint density at radius 3 is 1.67 bits per heavy atom. The molecule has 0 aromatic heterocycles. The predicted octanol–water partition coefficient (Wildman–Crippen LogP) is 2.55. The minimum absolute atomic E-state index is 0.981. The van der Waals surface area contributed by atoms with Gasteiger partial charge in [-0.15, -0.1) is 0 Å². The molecule has 1 N–H and O–H groups in total. The topological polar surface area (TPSA) is 12.0 Å². The molecule has 1 heteroatoms. The van der Waals surface area contributed by atoms with Crippen molar-refractivity contribution < 1.29 is 0 Å². The highest BCUT2D eigenvalue weighted by molar-refractivity contribution is 4.82. The van der Waals surface area contributed by atoms with Crippen molar-refractivity contribution in [2.24, 2.45) is 0 Å². The first-order valence-corrected chi connectivity index (χ1v) is 3.58. The molecule has 0 unspecified atom stereocenters. The van der Waals surface area contributed by atoms with Gasteiger partial charge < -0.3 is 5.32 Å². The van der Waals surface area contributed by atoms with Gasteiger partial charge in [0.15, 0.2) is 0 Å². The molecule has 0 aromatic rings. The van der Waals surface area contributed by atoms with Crippen molar-refractivity contribution >= 4 is 0 Å². The molecule has 0 aliphatic rings. The summed E-state index contributed by atoms with van der Waals surface area (Å²) in [6.07, 6.45) is 1.25. The molecular formula is C8H19N. The van der Waals surface area contributed by atoms with Crippen LogP contribution in [0.4, 0.5) is 0 Å². The summed E-state index contributed by atoms with van der Waals surface area (Å²) in [7, 11) is 0. The lowest BCUT2D eigenvalue weighted by Gasteiger charge is -1.95. The van der Waals surface area contributed by atoms with E-state index in [-0.39, 0.29) is 0 Å². The lowest BCUT2D eigenvalue weighted by atomic mass is 10.5. The smallest absolute Gasteiger partial charge is 0.0115 e. The zero-order valence-corrected chi connectivity index (χ0v) is 7.12. The van der Waals surface area contributed by atoms with E-state index in [0.717, 1.165) is 12.2 Å². The van der Waals surface area contributed by atoms with Gasteiger partial charge in [0, 0.05) is 12.2 Å². The second-order valence-electron chi connectivity index (χ2n) is 2.02. The highest BCUT2D eigenvalue weighted by atomic mass is 14.8. The van der Waals surface area contributed by atoms with Crippen LogP contribution in [0.5, 0.6) is 0 Å². The van der Waals surface area contributed by atoms with Gasteiger partial charge in [0.2, 0.25) is 0 Å². The Morgan fingerprint density at radius 1 is 1.33 bits per heavy atom. The SMILES string of the molecule is C=C(C)NCC.CCC. The number of allylic oxidation sites excluding steroid dienone is 1. The van der Waals surface area contributed by atoms with Gasteiger partial charge in [-0.2, -0.15) is 0 Å². The van der Waals surface area contributed by atoms with Gasteiger partial charge in [-0.25, -0.2) is 0 Å². The van der Waals surface area contributed by atoms with Crippen LogP contribution in [0.15, 0.2) is 12.3 Å². The summed E-state index contributed by atoms with van der Waals surface area (Å²) in [5, 5.41) is 3.01.